The van der Waals surface area contributed by atoms with Gasteiger partial charge in [0, 0.05) is 60.8 Å². The van der Waals surface area contributed by atoms with Crippen LogP contribution < -0.4 is 16.5 Å². The molecule has 2 saturated carbocycles. The Balaban J connectivity index is 1.30. The lowest BCUT2D eigenvalue weighted by Gasteiger charge is -2.51. The van der Waals surface area contributed by atoms with Gasteiger partial charge in [-0.1, -0.05) is 49.7 Å². The normalized spacial score (nSPS) is 45.9. The average molecular weight is 537 g/mol. The number of likely N-dealkylation sites (tertiary alicyclic amines) is 1. The van der Waals surface area contributed by atoms with E-state index in [1.54, 1.807) is 0 Å². The standard InChI is InChI=1S/C28H50BrN5/c1-5-7-23-26-24(6-2)33(18(4)22-16-31-28(29)17(3)27(22)30)15-14-25(26)34(32-23)21-12-10-20(11-13-21)19-8-9-19/h17,19-28,31-32H,4-16,30H2,1-3H3. The van der Waals surface area contributed by atoms with Gasteiger partial charge in [-0.3, -0.25) is 5.43 Å². The number of rotatable bonds is 7. The minimum absolute atomic E-state index is 0.152. The van der Waals surface area contributed by atoms with Gasteiger partial charge in [0.2, 0.25) is 0 Å². The van der Waals surface area contributed by atoms with Crippen LogP contribution in [-0.4, -0.2) is 58.2 Å². The largest absolute Gasteiger partial charge is 0.372 e. The Morgan fingerprint density at radius 1 is 1.06 bits per heavy atom. The van der Waals surface area contributed by atoms with E-state index in [1.165, 1.54) is 69.9 Å². The van der Waals surface area contributed by atoms with E-state index in [0.717, 1.165) is 31.0 Å². The molecule has 2 aliphatic carbocycles. The number of nitrogens with two attached hydrogens (primary N) is 1. The van der Waals surface area contributed by atoms with Crippen LogP contribution in [0.4, 0.5) is 0 Å². The van der Waals surface area contributed by atoms with Gasteiger partial charge in [-0.2, -0.15) is 0 Å². The summed E-state index contributed by atoms with van der Waals surface area (Å²) in [5, 5.41) is 6.43. The molecule has 0 aromatic heterocycles. The minimum Gasteiger partial charge on any atom is -0.372 e. The van der Waals surface area contributed by atoms with Crippen molar-refractivity contribution in [3.8, 4) is 0 Å². The summed E-state index contributed by atoms with van der Waals surface area (Å²) in [6.07, 6.45) is 13.7. The summed E-state index contributed by atoms with van der Waals surface area (Å²) in [6, 6.07) is 2.73. The molecule has 5 aliphatic rings. The quantitative estimate of drug-likeness (QED) is 0.322. The highest BCUT2D eigenvalue weighted by atomic mass is 79.9. The van der Waals surface area contributed by atoms with E-state index in [0.29, 0.717) is 40.8 Å². The number of fused-ring (bicyclic) bond motifs is 1. The fraction of sp³-hybridized carbons (Fsp3) is 0.929. The first-order chi connectivity index (χ1) is 16.4. The number of nitrogens with zero attached hydrogens (tertiary/aromatic N) is 2. The predicted molar refractivity (Wildman–Crippen MR) is 145 cm³/mol. The number of hydrazine groups is 1. The lowest BCUT2D eigenvalue weighted by Crippen LogP contribution is -2.59. The monoisotopic (exact) mass is 535 g/mol. The van der Waals surface area contributed by atoms with E-state index < -0.39 is 0 Å². The Bertz CT molecular complexity index is 705. The molecule has 3 saturated heterocycles. The van der Waals surface area contributed by atoms with E-state index in [2.05, 4.69) is 57.4 Å². The smallest absolute Gasteiger partial charge is 0.0671 e. The summed E-state index contributed by atoms with van der Waals surface area (Å²) < 4.78 is 0. The third-order valence-electron chi connectivity index (χ3n) is 10.4. The van der Waals surface area contributed by atoms with E-state index in [1.807, 2.05) is 0 Å². The highest BCUT2D eigenvalue weighted by Gasteiger charge is 2.52. The summed E-state index contributed by atoms with van der Waals surface area (Å²) in [7, 11) is 0. The summed E-state index contributed by atoms with van der Waals surface area (Å²) in [6.45, 7) is 13.8. The maximum atomic E-state index is 6.77. The van der Waals surface area contributed by atoms with Crippen molar-refractivity contribution in [1.82, 2.24) is 20.7 Å². The van der Waals surface area contributed by atoms with Crippen LogP contribution >= 0.6 is 15.9 Å². The summed E-state index contributed by atoms with van der Waals surface area (Å²) >= 11 is 3.77. The van der Waals surface area contributed by atoms with E-state index >= 15 is 0 Å². The van der Waals surface area contributed by atoms with Gasteiger partial charge in [0.1, 0.15) is 0 Å². The topological polar surface area (TPSA) is 56.6 Å². The Labute approximate surface area is 217 Å². The van der Waals surface area contributed by atoms with Crippen LogP contribution in [-0.2, 0) is 0 Å². The highest BCUT2D eigenvalue weighted by molar-refractivity contribution is 9.09. The molecule has 0 amide bonds. The van der Waals surface area contributed by atoms with Crippen molar-refractivity contribution in [3.05, 3.63) is 12.3 Å². The maximum absolute atomic E-state index is 6.77. The molecule has 3 aliphatic heterocycles. The van der Waals surface area contributed by atoms with E-state index in [-0.39, 0.29) is 6.04 Å². The van der Waals surface area contributed by atoms with Crippen molar-refractivity contribution in [2.45, 2.75) is 120 Å². The highest BCUT2D eigenvalue weighted by Crippen LogP contribution is 2.47. The first-order valence-electron chi connectivity index (χ1n) is 14.6. The van der Waals surface area contributed by atoms with Crippen molar-refractivity contribution in [1.29, 1.82) is 0 Å². The molecular formula is C28H50BrN5. The molecule has 3 heterocycles. The van der Waals surface area contributed by atoms with E-state index in [4.69, 9.17) is 12.3 Å². The average Bonchev–Trinajstić information content (AvgIpc) is 3.64. The lowest BCUT2D eigenvalue weighted by atomic mass is 9.76. The summed E-state index contributed by atoms with van der Waals surface area (Å²) in [4.78, 5) is 3.00. The Kier molecular flexibility index (Phi) is 8.02. The van der Waals surface area contributed by atoms with Gasteiger partial charge >= 0.3 is 0 Å². The molecule has 0 bridgehead atoms. The van der Waals surface area contributed by atoms with Gasteiger partial charge in [-0.05, 0) is 75.5 Å². The third kappa shape index (κ3) is 4.76. The van der Waals surface area contributed by atoms with Gasteiger partial charge in [0.25, 0.3) is 0 Å². The van der Waals surface area contributed by atoms with Crippen LogP contribution in [0.25, 0.3) is 0 Å². The fourth-order valence-corrected chi connectivity index (χ4v) is 8.76. The van der Waals surface area contributed by atoms with Crippen molar-refractivity contribution in [3.63, 3.8) is 0 Å². The van der Waals surface area contributed by atoms with Crippen molar-refractivity contribution >= 4 is 15.9 Å². The molecular weight excluding hydrogens is 486 g/mol. The molecule has 0 aromatic carbocycles. The van der Waals surface area contributed by atoms with Gasteiger partial charge in [-0.15, -0.1) is 0 Å². The third-order valence-corrected chi connectivity index (χ3v) is 11.6. The lowest BCUT2D eigenvalue weighted by molar-refractivity contribution is 0.0188. The van der Waals surface area contributed by atoms with Crippen LogP contribution in [0.3, 0.4) is 0 Å². The first kappa shape index (κ1) is 25.5. The molecule has 8 unspecified atom stereocenters. The summed E-state index contributed by atoms with van der Waals surface area (Å²) in [5.41, 5.74) is 12.2. The molecule has 4 N–H and O–H groups in total. The predicted octanol–water partition coefficient (Wildman–Crippen LogP) is 4.83. The van der Waals surface area contributed by atoms with Gasteiger partial charge in [-0.25, -0.2) is 5.01 Å². The van der Waals surface area contributed by atoms with Gasteiger partial charge in [0.05, 0.1) is 4.95 Å². The molecule has 8 atom stereocenters. The van der Waals surface area contributed by atoms with Crippen LogP contribution in [0.2, 0.25) is 0 Å². The number of nitrogens with one attached hydrogen (secondary N) is 2. The molecule has 0 spiro atoms. The number of piperidine rings is 2. The SMILES string of the molecule is C=C(C1CNC(Br)C(C)C1N)N1CCC2C(C(CCC)NN2C2CCC(C3CC3)CC2)C1CC. The zero-order valence-corrected chi connectivity index (χ0v) is 23.5. The Morgan fingerprint density at radius 3 is 2.35 bits per heavy atom. The number of halogens is 1. The first-order valence-corrected chi connectivity index (χ1v) is 15.5. The number of alkyl halides is 1. The zero-order chi connectivity index (χ0) is 24.0. The van der Waals surface area contributed by atoms with Crippen LogP contribution in [0.15, 0.2) is 12.3 Å². The Hall–Kier alpha value is -0.140. The van der Waals surface area contributed by atoms with E-state index in [9.17, 15) is 0 Å². The van der Waals surface area contributed by atoms with Crippen LogP contribution in [0, 0.1) is 29.6 Å². The van der Waals surface area contributed by atoms with Crippen LogP contribution in [0.5, 0.6) is 0 Å². The molecule has 34 heavy (non-hydrogen) atoms. The van der Waals surface area contributed by atoms with Crippen molar-refractivity contribution in [2.75, 3.05) is 13.1 Å². The second-order valence-electron chi connectivity index (χ2n) is 12.3. The molecule has 6 heteroatoms. The second-order valence-corrected chi connectivity index (χ2v) is 13.3. The zero-order valence-electron chi connectivity index (χ0n) is 21.9. The number of hydrogen-bond acceptors (Lipinski definition) is 5. The minimum atomic E-state index is 0.152. The van der Waals surface area contributed by atoms with Crippen molar-refractivity contribution in [2.24, 2.45) is 35.3 Å². The maximum Gasteiger partial charge on any atom is 0.0671 e. The summed E-state index contributed by atoms with van der Waals surface area (Å²) in [5.74, 6) is 3.52. The molecule has 0 aromatic rings. The fourth-order valence-electron chi connectivity index (χ4n) is 8.22. The van der Waals surface area contributed by atoms with Crippen molar-refractivity contribution < 1.29 is 0 Å². The molecule has 5 fully saturated rings. The molecule has 5 nitrogen and oxygen atoms in total. The Morgan fingerprint density at radius 2 is 1.74 bits per heavy atom. The van der Waals surface area contributed by atoms with Gasteiger partial charge in [0.15, 0.2) is 0 Å². The molecule has 5 rings (SSSR count). The second kappa shape index (κ2) is 10.7. The van der Waals surface area contributed by atoms with Gasteiger partial charge < -0.3 is 16.0 Å². The van der Waals surface area contributed by atoms with Crippen LogP contribution in [0.1, 0.15) is 85.0 Å². The number of hydrogen-bond donors (Lipinski definition) is 3. The molecule has 194 valence electrons. The molecule has 0 radical (unpaired) electrons.